The largest absolute Gasteiger partial charge is 0.330 e. The van der Waals surface area contributed by atoms with Gasteiger partial charge >= 0.3 is 0 Å². The Kier molecular flexibility index (Phi) is 3.71. The Morgan fingerprint density at radius 2 is 2.38 bits per heavy atom. The molecule has 1 rings (SSSR count). The van der Waals surface area contributed by atoms with Crippen molar-refractivity contribution in [3.05, 3.63) is 0 Å². The summed E-state index contributed by atoms with van der Waals surface area (Å²) in [6, 6.07) is 2.97. The van der Waals surface area contributed by atoms with Crippen LogP contribution < -0.4 is 5.73 Å². The Morgan fingerprint density at radius 3 is 2.77 bits per heavy atom. The van der Waals surface area contributed by atoms with Crippen LogP contribution in [0.5, 0.6) is 0 Å². The van der Waals surface area contributed by atoms with Crippen molar-refractivity contribution in [2.45, 2.75) is 38.8 Å². The number of nitrogens with zero attached hydrogens (tertiary/aromatic N) is 2. The number of nitrogens with two attached hydrogens (primary N) is 1. The van der Waals surface area contributed by atoms with E-state index in [2.05, 4.69) is 24.8 Å². The summed E-state index contributed by atoms with van der Waals surface area (Å²) < 4.78 is 0. The van der Waals surface area contributed by atoms with Crippen molar-refractivity contribution in [3.8, 4) is 6.07 Å². The third-order valence-corrected chi connectivity index (χ3v) is 2.98. The summed E-state index contributed by atoms with van der Waals surface area (Å²) in [5.74, 6) is 0.595. The Bertz CT molecular complexity index is 197. The van der Waals surface area contributed by atoms with Crippen LogP contribution in [0.3, 0.4) is 0 Å². The van der Waals surface area contributed by atoms with Crippen LogP contribution in [0.1, 0.15) is 26.7 Å². The molecule has 0 aromatic carbocycles. The number of hydrogen-bond donors (Lipinski definition) is 1. The summed E-state index contributed by atoms with van der Waals surface area (Å²) in [7, 11) is 0. The van der Waals surface area contributed by atoms with Crippen LogP contribution in [0.25, 0.3) is 0 Å². The second kappa shape index (κ2) is 4.59. The van der Waals surface area contributed by atoms with Gasteiger partial charge in [-0.3, -0.25) is 4.90 Å². The molecule has 13 heavy (non-hydrogen) atoms. The maximum atomic E-state index is 8.94. The highest BCUT2D eigenvalue weighted by Gasteiger charge is 2.32. The minimum absolute atomic E-state index is 0.0894. The molecule has 1 fully saturated rings. The highest BCUT2D eigenvalue weighted by Crippen LogP contribution is 2.24. The van der Waals surface area contributed by atoms with Crippen molar-refractivity contribution in [2.75, 3.05) is 13.1 Å². The minimum atomic E-state index is 0.0894. The lowest BCUT2D eigenvalue weighted by Crippen LogP contribution is -2.36. The number of likely N-dealkylation sites (tertiary alicyclic amines) is 1. The van der Waals surface area contributed by atoms with Gasteiger partial charge in [-0.05, 0) is 32.2 Å². The molecule has 0 aliphatic carbocycles. The first-order valence-electron chi connectivity index (χ1n) is 5.08. The lowest BCUT2D eigenvalue weighted by molar-refractivity contribution is 0.219. The van der Waals surface area contributed by atoms with Crippen LogP contribution in [-0.2, 0) is 0 Å². The lowest BCUT2D eigenvalue weighted by Gasteiger charge is -2.25. The van der Waals surface area contributed by atoms with E-state index in [4.69, 9.17) is 11.0 Å². The fourth-order valence-electron chi connectivity index (χ4n) is 2.18. The van der Waals surface area contributed by atoms with Gasteiger partial charge in [-0.2, -0.15) is 5.26 Å². The maximum absolute atomic E-state index is 8.94. The molecule has 0 radical (unpaired) electrons. The Labute approximate surface area is 80.5 Å². The van der Waals surface area contributed by atoms with Crippen LogP contribution in [-0.4, -0.2) is 30.1 Å². The van der Waals surface area contributed by atoms with Crippen molar-refractivity contribution in [2.24, 2.45) is 11.7 Å². The number of rotatable bonds is 3. The quantitative estimate of drug-likeness (QED) is 0.705. The summed E-state index contributed by atoms with van der Waals surface area (Å²) in [5.41, 5.74) is 5.63. The molecular formula is C10H19N3. The summed E-state index contributed by atoms with van der Waals surface area (Å²) in [5, 5.41) is 8.94. The normalized spacial score (nSPS) is 31.5. The second-order valence-electron chi connectivity index (χ2n) is 3.94. The van der Waals surface area contributed by atoms with Crippen molar-refractivity contribution in [1.29, 1.82) is 5.26 Å². The molecule has 3 atom stereocenters. The lowest BCUT2D eigenvalue weighted by atomic mass is 10.1. The Morgan fingerprint density at radius 1 is 1.69 bits per heavy atom. The van der Waals surface area contributed by atoms with Crippen LogP contribution >= 0.6 is 0 Å². The monoisotopic (exact) mass is 181 g/mol. The van der Waals surface area contributed by atoms with Gasteiger partial charge in [0.15, 0.2) is 0 Å². The zero-order valence-corrected chi connectivity index (χ0v) is 8.53. The summed E-state index contributed by atoms with van der Waals surface area (Å²) >= 11 is 0. The van der Waals surface area contributed by atoms with Crippen molar-refractivity contribution in [3.63, 3.8) is 0 Å². The topological polar surface area (TPSA) is 53.0 Å². The average Bonchev–Trinajstić information content (AvgIpc) is 2.50. The van der Waals surface area contributed by atoms with E-state index in [-0.39, 0.29) is 6.04 Å². The fourth-order valence-corrected chi connectivity index (χ4v) is 2.18. The fraction of sp³-hybridized carbons (Fsp3) is 0.900. The van der Waals surface area contributed by atoms with Gasteiger partial charge in [-0.15, -0.1) is 0 Å². The van der Waals surface area contributed by atoms with Gasteiger partial charge in [0.25, 0.3) is 0 Å². The molecule has 3 nitrogen and oxygen atoms in total. The van der Waals surface area contributed by atoms with E-state index in [1.807, 2.05) is 0 Å². The molecule has 3 unspecified atom stereocenters. The van der Waals surface area contributed by atoms with Crippen LogP contribution in [0.2, 0.25) is 0 Å². The molecule has 0 spiro atoms. The van der Waals surface area contributed by atoms with E-state index < -0.39 is 0 Å². The molecule has 0 aromatic heterocycles. The zero-order chi connectivity index (χ0) is 9.84. The molecule has 1 heterocycles. The molecular weight excluding hydrogens is 162 g/mol. The van der Waals surface area contributed by atoms with Gasteiger partial charge in [0.05, 0.1) is 12.1 Å². The van der Waals surface area contributed by atoms with E-state index in [0.717, 1.165) is 25.9 Å². The molecule has 3 heteroatoms. The third kappa shape index (κ3) is 2.20. The smallest absolute Gasteiger partial charge is 0.0977 e. The van der Waals surface area contributed by atoms with Gasteiger partial charge in [0, 0.05) is 12.6 Å². The molecule has 0 bridgehead atoms. The van der Waals surface area contributed by atoms with E-state index in [0.29, 0.717) is 12.0 Å². The zero-order valence-electron chi connectivity index (χ0n) is 8.53. The van der Waals surface area contributed by atoms with Gasteiger partial charge in [0.2, 0.25) is 0 Å². The van der Waals surface area contributed by atoms with Gasteiger partial charge in [0.1, 0.15) is 0 Å². The molecule has 0 amide bonds. The first kappa shape index (κ1) is 10.5. The van der Waals surface area contributed by atoms with Crippen LogP contribution in [0.15, 0.2) is 0 Å². The molecule has 2 N–H and O–H groups in total. The first-order valence-corrected chi connectivity index (χ1v) is 5.08. The van der Waals surface area contributed by atoms with E-state index >= 15 is 0 Å². The van der Waals surface area contributed by atoms with E-state index in [1.54, 1.807) is 0 Å². The third-order valence-electron chi connectivity index (χ3n) is 2.98. The van der Waals surface area contributed by atoms with E-state index in [9.17, 15) is 0 Å². The predicted molar refractivity (Wildman–Crippen MR) is 53.0 cm³/mol. The molecule has 1 aliphatic rings. The number of hydrogen-bond acceptors (Lipinski definition) is 3. The molecule has 0 saturated carbocycles. The second-order valence-corrected chi connectivity index (χ2v) is 3.94. The highest BCUT2D eigenvalue weighted by molar-refractivity contribution is 4.97. The minimum Gasteiger partial charge on any atom is -0.330 e. The van der Waals surface area contributed by atoms with E-state index in [1.165, 1.54) is 0 Å². The Hall–Kier alpha value is -0.590. The molecule has 1 saturated heterocycles. The van der Waals surface area contributed by atoms with Gasteiger partial charge in [-0.1, -0.05) is 6.92 Å². The summed E-state index contributed by atoms with van der Waals surface area (Å²) in [6.45, 7) is 6.01. The number of nitriles is 1. The Balaban J connectivity index is 2.56. The molecule has 0 aromatic rings. The average molecular weight is 181 g/mol. The van der Waals surface area contributed by atoms with Gasteiger partial charge in [-0.25, -0.2) is 0 Å². The van der Waals surface area contributed by atoms with Crippen molar-refractivity contribution >= 4 is 0 Å². The highest BCUT2D eigenvalue weighted by atomic mass is 15.2. The van der Waals surface area contributed by atoms with Crippen LogP contribution in [0.4, 0.5) is 0 Å². The van der Waals surface area contributed by atoms with Crippen LogP contribution in [0, 0.1) is 17.2 Å². The summed E-state index contributed by atoms with van der Waals surface area (Å²) in [4.78, 5) is 2.29. The van der Waals surface area contributed by atoms with Crippen molar-refractivity contribution in [1.82, 2.24) is 4.90 Å². The van der Waals surface area contributed by atoms with Gasteiger partial charge < -0.3 is 5.73 Å². The maximum Gasteiger partial charge on any atom is 0.0977 e. The first-order chi connectivity index (χ1) is 6.22. The predicted octanol–water partition coefficient (Wildman–Crippen LogP) is 0.958. The molecule has 74 valence electrons. The standard InChI is InChI=1S/C10H19N3/c1-3-10(6-12)13-7-9(5-11)4-8(13)2/h8-10H,3-5,7,11H2,1-2H3. The summed E-state index contributed by atoms with van der Waals surface area (Å²) in [6.07, 6.45) is 2.06. The molecule has 1 aliphatic heterocycles. The van der Waals surface area contributed by atoms with Crippen molar-refractivity contribution < 1.29 is 0 Å². The SMILES string of the molecule is CCC(C#N)N1CC(CN)CC1C.